The fourth-order valence-corrected chi connectivity index (χ4v) is 5.60. The molecular formula is C35H46ClN5O3. The van der Waals surface area contributed by atoms with Gasteiger partial charge in [-0.3, -0.25) is 14.7 Å². The number of ether oxygens (including phenoxy) is 1. The molecule has 2 heterocycles. The summed E-state index contributed by atoms with van der Waals surface area (Å²) >= 11 is 6.57. The second-order valence-corrected chi connectivity index (χ2v) is 12.9. The monoisotopic (exact) mass is 619 g/mol. The fourth-order valence-electron chi connectivity index (χ4n) is 5.15. The number of nitrogens with zero attached hydrogens (tertiary/aromatic N) is 3. The van der Waals surface area contributed by atoms with Gasteiger partial charge in [0.05, 0.1) is 5.69 Å². The molecule has 4 aromatic rings. The minimum absolute atomic E-state index is 0.171. The summed E-state index contributed by atoms with van der Waals surface area (Å²) in [5.41, 5.74) is 3.06. The summed E-state index contributed by atoms with van der Waals surface area (Å²) in [5, 5.41) is 11.2. The average molecular weight is 620 g/mol. The molecule has 9 heteroatoms. The summed E-state index contributed by atoms with van der Waals surface area (Å²) in [7, 11) is 0. The molecule has 2 aromatic heterocycles. The Kier molecular flexibility index (Phi) is 12.0. The van der Waals surface area contributed by atoms with Gasteiger partial charge < -0.3 is 10.1 Å². The number of H-pyrrole nitrogens is 1. The fraction of sp³-hybridized carbons (Fsp3) is 0.486. The Morgan fingerprint density at radius 3 is 2.16 bits per heavy atom. The summed E-state index contributed by atoms with van der Waals surface area (Å²) in [6.45, 7) is 8.45. The Balaban J connectivity index is 1.21. The maximum Gasteiger partial charge on any atom is 0.311 e. The molecule has 0 bridgehead atoms. The van der Waals surface area contributed by atoms with Gasteiger partial charge in [0.15, 0.2) is 11.5 Å². The smallest absolute Gasteiger partial charge is 0.311 e. The number of anilines is 1. The maximum absolute atomic E-state index is 12.9. The third-order valence-corrected chi connectivity index (χ3v) is 8.06. The Bertz CT molecular complexity index is 1520. The number of amides is 1. The first-order chi connectivity index (χ1) is 21.2. The van der Waals surface area contributed by atoms with Crippen molar-refractivity contribution >= 4 is 34.8 Å². The van der Waals surface area contributed by atoms with Gasteiger partial charge in [-0.25, -0.2) is 4.98 Å². The molecule has 236 valence electrons. The van der Waals surface area contributed by atoms with E-state index in [0.29, 0.717) is 39.9 Å². The lowest BCUT2D eigenvalue weighted by Crippen LogP contribution is -2.13. The van der Waals surface area contributed by atoms with Crippen LogP contribution in [0.5, 0.6) is 5.75 Å². The number of hydrogen-bond acceptors (Lipinski definition) is 5. The van der Waals surface area contributed by atoms with Gasteiger partial charge in [-0.05, 0) is 42.8 Å². The molecule has 0 saturated heterocycles. The van der Waals surface area contributed by atoms with Crippen LogP contribution in [0, 0.1) is 0 Å². The molecule has 4 rings (SSSR count). The molecule has 8 nitrogen and oxygen atoms in total. The predicted octanol–water partition coefficient (Wildman–Crippen LogP) is 9.53. The van der Waals surface area contributed by atoms with Crippen LogP contribution in [-0.2, 0) is 10.2 Å². The molecule has 1 amide bonds. The summed E-state index contributed by atoms with van der Waals surface area (Å²) in [4.78, 5) is 29.8. The van der Waals surface area contributed by atoms with Gasteiger partial charge in [-0.2, -0.15) is 4.63 Å². The van der Waals surface area contributed by atoms with E-state index < -0.39 is 0 Å². The molecule has 0 radical (unpaired) electrons. The Morgan fingerprint density at radius 1 is 0.909 bits per heavy atom. The van der Waals surface area contributed by atoms with Crippen molar-refractivity contribution in [2.75, 3.05) is 5.32 Å². The van der Waals surface area contributed by atoms with Crippen molar-refractivity contribution in [3.63, 3.8) is 0 Å². The van der Waals surface area contributed by atoms with Gasteiger partial charge in [0.1, 0.15) is 10.8 Å². The van der Waals surface area contributed by atoms with Gasteiger partial charge in [0, 0.05) is 28.7 Å². The Hall–Kier alpha value is -3.65. The van der Waals surface area contributed by atoms with Crippen LogP contribution in [-0.4, -0.2) is 31.7 Å². The van der Waals surface area contributed by atoms with Crippen molar-refractivity contribution in [3.05, 3.63) is 64.8 Å². The third kappa shape index (κ3) is 9.42. The van der Waals surface area contributed by atoms with Crippen LogP contribution in [0.25, 0.3) is 17.0 Å². The van der Waals surface area contributed by atoms with Crippen LogP contribution in [0.2, 0.25) is 5.02 Å². The van der Waals surface area contributed by atoms with Crippen LogP contribution in [0.4, 0.5) is 5.69 Å². The summed E-state index contributed by atoms with van der Waals surface area (Å²) in [6, 6.07) is 13.9. The first-order valence-electron chi connectivity index (χ1n) is 16.0. The van der Waals surface area contributed by atoms with Crippen LogP contribution >= 0.6 is 11.6 Å². The Morgan fingerprint density at radius 2 is 1.55 bits per heavy atom. The van der Waals surface area contributed by atoms with E-state index in [0.717, 1.165) is 30.5 Å². The standard InChI is InChI=1S/C35H46ClN5O3/c1-5-6-7-8-9-10-11-12-13-14-15-19-29(42)44-28-22-20-25(21-23-28)34(43)37-27-18-16-17-26(24-27)32-38-33-30(36)31(35(2,3)4)39-41(33)40-32/h16-18,20-24,39H,5-15,19H2,1-4H3,(H,37,43). The van der Waals surface area contributed by atoms with E-state index in [2.05, 4.69) is 48.2 Å². The van der Waals surface area contributed by atoms with Gasteiger partial charge in [-0.1, -0.05) is 116 Å². The van der Waals surface area contributed by atoms with E-state index in [1.54, 1.807) is 35.0 Å². The lowest BCUT2D eigenvalue weighted by atomic mass is 9.92. The zero-order valence-electron chi connectivity index (χ0n) is 26.5. The van der Waals surface area contributed by atoms with E-state index >= 15 is 0 Å². The zero-order valence-corrected chi connectivity index (χ0v) is 27.3. The quantitative estimate of drug-likeness (QED) is 0.0738. The first-order valence-corrected chi connectivity index (χ1v) is 16.4. The van der Waals surface area contributed by atoms with E-state index in [1.165, 1.54) is 51.4 Å². The van der Waals surface area contributed by atoms with E-state index in [4.69, 9.17) is 16.3 Å². The first kappa shape index (κ1) is 33.2. The van der Waals surface area contributed by atoms with Crippen molar-refractivity contribution in [2.45, 2.75) is 110 Å². The number of benzene rings is 2. The van der Waals surface area contributed by atoms with Crippen molar-refractivity contribution in [1.29, 1.82) is 0 Å². The van der Waals surface area contributed by atoms with E-state index in [1.807, 2.05) is 18.2 Å². The number of hydrogen-bond donors (Lipinski definition) is 2. The summed E-state index contributed by atoms with van der Waals surface area (Å²) < 4.78 is 7.06. The number of halogens is 1. The largest absolute Gasteiger partial charge is 0.427 e. The van der Waals surface area contributed by atoms with Gasteiger partial charge in [0.2, 0.25) is 0 Å². The minimum Gasteiger partial charge on any atom is -0.427 e. The highest BCUT2D eigenvalue weighted by Crippen LogP contribution is 2.32. The highest BCUT2D eigenvalue weighted by atomic mass is 35.5. The van der Waals surface area contributed by atoms with Crippen LogP contribution in [0.1, 0.15) is 121 Å². The molecule has 0 aliphatic carbocycles. The molecule has 0 aliphatic rings. The molecule has 2 aromatic carbocycles. The predicted molar refractivity (Wildman–Crippen MR) is 178 cm³/mol. The lowest BCUT2D eigenvalue weighted by Gasteiger charge is -2.16. The van der Waals surface area contributed by atoms with Gasteiger partial charge >= 0.3 is 5.97 Å². The SMILES string of the molecule is CCCCCCCCCCCCCC(=O)Oc1ccc(C(=O)Nc2cccc(-c3nc4c(Cl)c(C(C)(C)C)[nH]n4n3)c2)cc1. The number of unbranched alkanes of at least 4 members (excludes halogenated alkanes) is 10. The highest BCUT2D eigenvalue weighted by Gasteiger charge is 2.24. The molecule has 44 heavy (non-hydrogen) atoms. The highest BCUT2D eigenvalue weighted by molar-refractivity contribution is 6.34. The lowest BCUT2D eigenvalue weighted by molar-refractivity contribution is -0.134. The minimum atomic E-state index is -0.274. The maximum atomic E-state index is 12.9. The molecule has 2 N–H and O–H groups in total. The van der Waals surface area contributed by atoms with Crippen LogP contribution in [0.15, 0.2) is 48.5 Å². The molecule has 0 unspecified atom stereocenters. The summed E-state index contributed by atoms with van der Waals surface area (Å²) in [5.74, 6) is 0.416. The second kappa shape index (κ2) is 15.9. The number of aromatic nitrogens is 4. The van der Waals surface area contributed by atoms with Crippen LogP contribution < -0.4 is 10.1 Å². The number of nitrogens with one attached hydrogen (secondary N) is 2. The van der Waals surface area contributed by atoms with Crippen molar-refractivity contribution < 1.29 is 14.3 Å². The van der Waals surface area contributed by atoms with E-state index in [-0.39, 0.29) is 17.3 Å². The number of fused-ring (bicyclic) bond motifs is 1. The normalized spacial score (nSPS) is 11.7. The topological polar surface area (TPSA) is 101 Å². The summed E-state index contributed by atoms with van der Waals surface area (Å²) in [6.07, 6.45) is 14.0. The molecular weight excluding hydrogens is 574 g/mol. The number of carbonyl (C=O) groups excluding carboxylic acids is 2. The Labute approximate surface area is 265 Å². The van der Waals surface area contributed by atoms with Crippen LogP contribution in [0.3, 0.4) is 0 Å². The molecule has 0 aliphatic heterocycles. The number of rotatable bonds is 16. The molecule has 0 saturated carbocycles. The number of aromatic amines is 1. The number of carbonyl (C=O) groups is 2. The van der Waals surface area contributed by atoms with E-state index in [9.17, 15) is 9.59 Å². The molecule has 0 fully saturated rings. The average Bonchev–Trinajstić information content (AvgIpc) is 3.56. The molecule has 0 atom stereocenters. The second-order valence-electron chi connectivity index (χ2n) is 12.5. The van der Waals surface area contributed by atoms with Gasteiger partial charge in [0.25, 0.3) is 5.91 Å². The van der Waals surface area contributed by atoms with Gasteiger partial charge in [-0.15, -0.1) is 5.10 Å². The third-order valence-electron chi connectivity index (χ3n) is 7.70. The molecule has 0 spiro atoms. The van der Waals surface area contributed by atoms with Crippen molar-refractivity contribution in [3.8, 4) is 17.1 Å². The van der Waals surface area contributed by atoms with Crippen molar-refractivity contribution in [1.82, 2.24) is 19.8 Å². The number of esters is 1. The zero-order chi connectivity index (χ0) is 31.5. The van der Waals surface area contributed by atoms with Crippen molar-refractivity contribution in [2.24, 2.45) is 0 Å².